The number of nitrogens with zero attached hydrogens (tertiary/aromatic N) is 2. The summed E-state index contributed by atoms with van der Waals surface area (Å²) >= 11 is 0. The molecule has 0 saturated heterocycles. The van der Waals surface area contributed by atoms with Crippen LogP contribution in [-0.2, 0) is 21.5 Å². The van der Waals surface area contributed by atoms with E-state index in [1.807, 2.05) is 36.4 Å². The first-order chi connectivity index (χ1) is 12.7. The Morgan fingerprint density at radius 1 is 1.07 bits per heavy atom. The first-order valence-electron chi connectivity index (χ1n) is 9.09. The second-order valence-electron chi connectivity index (χ2n) is 7.79. The molecule has 0 N–H and O–H groups in total. The van der Waals surface area contributed by atoms with Gasteiger partial charge in [-0.1, -0.05) is 39.8 Å². The Hall–Kier alpha value is -2.69. The van der Waals surface area contributed by atoms with E-state index in [1.165, 1.54) is 12.7 Å². The fraction of sp³-hybridized carbons (Fsp3) is 0.409. The highest BCUT2D eigenvalue weighted by Crippen LogP contribution is 2.23. The number of hydrogen-bond acceptors (Lipinski definition) is 4. The van der Waals surface area contributed by atoms with E-state index in [4.69, 9.17) is 4.74 Å². The van der Waals surface area contributed by atoms with Crippen molar-refractivity contribution < 1.29 is 14.3 Å². The molecule has 1 aromatic heterocycles. The maximum atomic E-state index is 13.1. The van der Waals surface area contributed by atoms with Crippen LogP contribution in [-0.4, -0.2) is 35.4 Å². The summed E-state index contributed by atoms with van der Waals surface area (Å²) in [4.78, 5) is 30.7. The molecule has 0 bridgehead atoms. The fourth-order valence-corrected chi connectivity index (χ4v) is 2.83. The van der Waals surface area contributed by atoms with Gasteiger partial charge in [0.2, 0.25) is 0 Å². The molecule has 2 aromatic rings. The number of carbonyl (C=O) groups excluding carboxylic acids is 2. The quantitative estimate of drug-likeness (QED) is 0.727. The van der Waals surface area contributed by atoms with Gasteiger partial charge in [-0.3, -0.25) is 14.6 Å². The minimum atomic E-state index is -0.408. The molecule has 144 valence electrons. The zero-order chi connectivity index (χ0) is 20.0. The second-order valence-corrected chi connectivity index (χ2v) is 7.79. The third-order valence-electron chi connectivity index (χ3n) is 4.51. The van der Waals surface area contributed by atoms with Crippen molar-refractivity contribution in [2.75, 3.05) is 13.7 Å². The van der Waals surface area contributed by atoms with Crippen LogP contribution in [0.2, 0.25) is 0 Å². The number of methoxy groups -OCH3 is 1. The first-order valence-corrected chi connectivity index (χ1v) is 9.09. The molecule has 1 heterocycles. The molecular weight excluding hydrogens is 340 g/mol. The molecule has 5 nitrogen and oxygen atoms in total. The van der Waals surface area contributed by atoms with Crippen molar-refractivity contribution in [3.63, 3.8) is 0 Å². The number of hydrogen-bond donors (Lipinski definition) is 0. The summed E-state index contributed by atoms with van der Waals surface area (Å²) in [5, 5.41) is 0. The van der Waals surface area contributed by atoms with Gasteiger partial charge in [-0.15, -0.1) is 0 Å². The Labute approximate surface area is 161 Å². The Balaban J connectivity index is 2.25. The topological polar surface area (TPSA) is 59.5 Å². The van der Waals surface area contributed by atoms with Crippen LogP contribution in [0.1, 0.15) is 49.2 Å². The minimum Gasteiger partial charge on any atom is -0.469 e. The Morgan fingerprint density at radius 2 is 1.67 bits per heavy atom. The number of carbonyl (C=O) groups is 2. The van der Waals surface area contributed by atoms with Crippen LogP contribution in [0.15, 0.2) is 48.8 Å². The molecule has 0 aliphatic carbocycles. The molecule has 0 fully saturated rings. The summed E-state index contributed by atoms with van der Waals surface area (Å²) in [7, 11) is 1.36. The van der Waals surface area contributed by atoms with Gasteiger partial charge >= 0.3 is 5.97 Å². The lowest BCUT2D eigenvalue weighted by molar-refractivity contribution is -0.145. The number of esters is 1. The first kappa shape index (κ1) is 20.6. The summed E-state index contributed by atoms with van der Waals surface area (Å²) in [6.07, 6.45) is 3.39. The van der Waals surface area contributed by atoms with E-state index in [0.29, 0.717) is 12.1 Å². The lowest BCUT2D eigenvalue weighted by Crippen LogP contribution is -2.37. The van der Waals surface area contributed by atoms with Crippen LogP contribution in [0.4, 0.5) is 0 Å². The van der Waals surface area contributed by atoms with Crippen LogP contribution in [0.5, 0.6) is 0 Å². The van der Waals surface area contributed by atoms with Gasteiger partial charge in [-0.2, -0.15) is 0 Å². The maximum Gasteiger partial charge on any atom is 0.310 e. The number of pyridine rings is 1. The van der Waals surface area contributed by atoms with Gasteiger partial charge in [0.15, 0.2) is 0 Å². The van der Waals surface area contributed by atoms with Crippen LogP contribution in [0, 0.1) is 5.92 Å². The van der Waals surface area contributed by atoms with Crippen LogP contribution in [0.3, 0.4) is 0 Å². The van der Waals surface area contributed by atoms with Crippen molar-refractivity contribution in [1.29, 1.82) is 0 Å². The lowest BCUT2D eigenvalue weighted by Gasteiger charge is -2.26. The van der Waals surface area contributed by atoms with Crippen molar-refractivity contribution in [3.05, 3.63) is 65.5 Å². The molecule has 0 radical (unpaired) electrons. The van der Waals surface area contributed by atoms with Crippen LogP contribution >= 0.6 is 0 Å². The summed E-state index contributed by atoms with van der Waals surface area (Å²) < 4.78 is 4.81. The Bertz CT molecular complexity index is 764. The summed E-state index contributed by atoms with van der Waals surface area (Å²) in [5.41, 5.74) is 2.76. The molecule has 1 unspecified atom stereocenters. The number of amides is 1. The molecule has 2 rings (SSSR count). The maximum absolute atomic E-state index is 13.1. The van der Waals surface area contributed by atoms with Crippen molar-refractivity contribution in [2.24, 2.45) is 5.92 Å². The number of ether oxygens (including phenoxy) is 1. The van der Waals surface area contributed by atoms with Crippen molar-refractivity contribution in [2.45, 2.75) is 39.7 Å². The second kappa shape index (κ2) is 8.80. The lowest BCUT2D eigenvalue weighted by atomic mass is 9.86. The molecule has 0 saturated carbocycles. The molecule has 0 aliphatic rings. The third-order valence-corrected chi connectivity index (χ3v) is 4.51. The highest BCUT2D eigenvalue weighted by molar-refractivity contribution is 5.94. The summed E-state index contributed by atoms with van der Waals surface area (Å²) in [6, 6.07) is 11.4. The SMILES string of the molecule is COC(=O)C(C)CN(Cc1ccncc1)C(=O)c1ccc(C(C)(C)C)cc1. The fourth-order valence-electron chi connectivity index (χ4n) is 2.83. The highest BCUT2D eigenvalue weighted by atomic mass is 16.5. The van der Waals surface area contributed by atoms with Gasteiger partial charge < -0.3 is 9.64 Å². The minimum absolute atomic E-state index is 0.0255. The van der Waals surface area contributed by atoms with E-state index in [0.717, 1.165) is 5.56 Å². The average molecular weight is 368 g/mol. The smallest absolute Gasteiger partial charge is 0.310 e. The van der Waals surface area contributed by atoms with E-state index in [1.54, 1.807) is 24.2 Å². The van der Waals surface area contributed by atoms with Gasteiger partial charge in [-0.05, 0) is 40.8 Å². The van der Waals surface area contributed by atoms with Crippen molar-refractivity contribution >= 4 is 11.9 Å². The summed E-state index contributed by atoms with van der Waals surface area (Å²) in [6.45, 7) is 8.87. The highest BCUT2D eigenvalue weighted by Gasteiger charge is 2.23. The Morgan fingerprint density at radius 3 is 2.19 bits per heavy atom. The van der Waals surface area contributed by atoms with E-state index in [9.17, 15) is 9.59 Å². The number of rotatable bonds is 6. The molecule has 5 heteroatoms. The molecule has 27 heavy (non-hydrogen) atoms. The predicted molar refractivity (Wildman–Crippen MR) is 105 cm³/mol. The van der Waals surface area contributed by atoms with E-state index < -0.39 is 5.92 Å². The number of benzene rings is 1. The Kier molecular flexibility index (Phi) is 6.72. The van der Waals surface area contributed by atoms with E-state index >= 15 is 0 Å². The standard InChI is InChI=1S/C22H28N2O3/c1-16(21(26)27-5)14-24(15-17-10-12-23-13-11-17)20(25)18-6-8-19(9-7-18)22(2,3)4/h6-13,16H,14-15H2,1-5H3. The molecule has 0 aliphatic heterocycles. The molecule has 0 spiro atoms. The monoisotopic (exact) mass is 368 g/mol. The van der Waals surface area contributed by atoms with Crippen molar-refractivity contribution in [1.82, 2.24) is 9.88 Å². The molecule has 1 aromatic carbocycles. The van der Waals surface area contributed by atoms with Gasteiger partial charge in [0.05, 0.1) is 13.0 Å². The van der Waals surface area contributed by atoms with Gasteiger partial charge in [0.1, 0.15) is 0 Å². The van der Waals surface area contributed by atoms with E-state index in [-0.39, 0.29) is 23.8 Å². The molecule has 1 amide bonds. The van der Waals surface area contributed by atoms with E-state index in [2.05, 4.69) is 25.8 Å². The summed E-state index contributed by atoms with van der Waals surface area (Å²) in [5.74, 6) is -0.844. The predicted octanol–water partition coefficient (Wildman–Crippen LogP) is 3.83. The zero-order valence-corrected chi connectivity index (χ0v) is 16.7. The van der Waals surface area contributed by atoms with Crippen LogP contribution in [0.25, 0.3) is 0 Å². The third kappa shape index (κ3) is 5.64. The molecular formula is C22H28N2O3. The van der Waals surface area contributed by atoms with Gasteiger partial charge in [-0.25, -0.2) is 0 Å². The molecule has 1 atom stereocenters. The van der Waals surface area contributed by atoms with Crippen LogP contribution < -0.4 is 0 Å². The zero-order valence-electron chi connectivity index (χ0n) is 16.7. The largest absolute Gasteiger partial charge is 0.469 e. The number of aromatic nitrogens is 1. The normalized spacial score (nSPS) is 12.3. The van der Waals surface area contributed by atoms with Gasteiger partial charge in [0, 0.05) is 31.0 Å². The van der Waals surface area contributed by atoms with Crippen molar-refractivity contribution in [3.8, 4) is 0 Å². The average Bonchev–Trinajstić information content (AvgIpc) is 2.66. The van der Waals surface area contributed by atoms with Gasteiger partial charge in [0.25, 0.3) is 5.91 Å².